The van der Waals surface area contributed by atoms with Gasteiger partial charge in [0.2, 0.25) is 0 Å². The molecule has 0 spiro atoms. The molecule has 7 nitrogen and oxygen atoms in total. The molecule has 120 valence electrons. The number of hydrogen-bond donors (Lipinski definition) is 2. The Hall–Kier alpha value is -2.31. The number of carboxylic acid groups (broad SMARTS) is 1. The zero-order chi connectivity index (χ0) is 15.9. The molecule has 0 aromatic heterocycles. The second-order valence-electron chi connectivity index (χ2n) is 5.63. The number of amides is 1. The molecule has 1 aromatic rings. The van der Waals surface area contributed by atoms with E-state index in [0.717, 1.165) is 25.7 Å². The number of rotatable bonds is 6. The van der Waals surface area contributed by atoms with Crippen molar-refractivity contribution in [3.63, 3.8) is 0 Å². The zero-order valence-corrected chi connectivity index (χ0v) is 12.2. The zero-order valence-electron chi connectivity index (χ0n) is 12.2. The Bertz CT molecular complexity index is 509. The van der Waals surface area contributed by atoms with Crippen LogP contribution in [0.1, 0.15) is 25.7 Å². The molecule has 1 aliphatic rings. The van der Waals surface area contributed by atoms with Crippen LogP contribution in [0.25, 0.3) is 0 Å². The molecule has 1 aromatic carbocycles. The Kier molecular flexibility index (Phi) is 5.57. The number of nitrogens with zero attached hydrogens (tertiary/aromatic N) is 1. The van der Waals surface area contributed by atoms with Gasteiger partial charge < -0.3 is 15.2 Å². The average Bonchev–Trinajstić information content (AvgIpc) is 2.52. The number of carbonyl (C=O) groups is 1. The molecule has 0 radical (unpaired) electrons. The Labute approximate surface area is 128 Å². The highest BCUT2D eigenvalue weighted by Gasteiger charge is 2.22. The molecule has 0 aliphatic heterocycles. The van der Waals surface area contributed by atoms with Crippen molar-refractivity contribution in [1.29, 1.82) is 0 Å². The van der Waals surface area contributed by atoms with Crippen LogP contribution in [-0.4, -0.2) is 29.3 Å². The van der Waals surface area contributed by atoms with Gasteiger partial charge in [-0.2, -0.15) is 0 Å². The standard InChI is InChI=1S/C15H20N2O5/c18-15(19)16-9-11-1-3-12(4-2-11)10-22-14-7-5-13(6-8-14)17(20)21/h5-8,11-12,16H,1-4,9-10H2,(H,18,19)/t11-,12-. The molecule has 1 aliphatic carbocycles. The van der Waals surface area contributed by atoms with Crippen LogP contribution in [0.4, 0.5) is 10.5 Å². The van der Waals surface area contributed by atoms with Gasteiger partial charge in [-0.1, -0.05) is 0 Å². The number of benzene rings is 1. The molecule has 0 saturated heterocycles. The summed E-state index contributed by atoms with van der Waals surface area (Å²) in [6, 6.07) is 6.09. The largest absolute Gasteiger partial charge is 0.493 e. The lowest BCUT2D eigenvalue weighted by Crippen LogP contribution is -2.31. The number of ether oxygens (including phenoxy) is 1. The summed E-state index contributed by atoms with van der Waals surface area (Å²) in [5.41, 5.74) is 0.0544. The van der Waals surface area contributed by atoms with Crippen molar-refractivity contribution in [2.45, 2.75) is 25.7 Å². The van der Waals surface area contributed by atoms with Crippen LogP contribution in [0.5, 0.6) is 5.75 Å². The third-order valence-corrected chi connectivity index (χ3v) is 4.04. The van der Waals surface area contributed by atoms with E-state index in [1.807, 2.05) is 0 Å². The van der Waals surface area contributed by atoms with Crippen molar-refractivity contribution in [2.75, 3.05) is 13.2 Å². The minimum Gasteiger partial charge on any atom is -0.493 e. The molecule has 1 amide bonds. The summed E-state index contributed by atoms with van der Waals surface area (Å²) in [7, 11) is 0. The van der Waals surface area contributed by atoms with Crippen molar-refractivity contribution in [1.82, 2.24) is 5.32 Å². The number of nitro groups is 1. The monoisotopic (exact) mass is 308 g/mol. The maximum atomic E-state index is 10.6. The Balaban J connectivity index is 1.70. The third kappa shape index (κ3) is 4.91. The first-order chi connectivity index (χ1) is 10.5. The highest BCUT2D eigenvalue weighted by molar-refractivity contribution is 5.64. The predicted molar refractivity (Wildman–Crippen MR) is 80.1 cm³/mol. The van der Waals surface area contributed by atoms with E-state index in [0.29, 0.717) is 30.7 Å². The van der Waals surface area contributed by atoms with E-state index in [1.54, 1.807) is 12.1 Å². The summed E-state index contributed by atoms with van der Waals surface area (Å²) < 4.78 is 5.68. The smallest absolute Gasteiger partial charge is 0.404 e. The van der Waals surface area contributed by atoms with Gasteiger partial charge in [0.1, 0.15) is 5.75 Å². The van der Waals surface area contributed by atoms with Crippen LogP contribution in [0.3, 0.4) is 0 Å². The fourth-order valence-corrected chi connectivity index (χ4v) is 2.71. The van der Waals surface area contributed by atoms with Gasteiger partial charge in [0, 0.05) is 18.7 Å². The lowest BCUT2D eigenvalue weighted by molar-refractivity contribution is -0.384. The molecular weight excluding hydrogens is 288 g/mol. The molecule has 0 atom stereocenters. The predicted octanol–water partition coefficient (Wildman–Crippen LogP) is 3.05. The molecule has 7 heteroatoms. The summed E-state index contributed by atoms with van der Waals surface area (Å²) in [6.45, 7) is 1.11. The highest BCUT2D eigenvalue weighted by atomic mass is 16.6. The molecule has 0 bridgehead atoms. The van der Waals surface area contributed by atoms with Crippen molar-refractivity contribution < 1.29 is 19.6 Å². The van der Waals surface area contributed by atoms with Gasteiger partial charge in [-0.15, -0.1) is 0 Å². The summed E-state index contributed by atoms with van der Waals surface area (Å²) in [6.07, 6.45) is 3.05. The first-order valence-corrected chi connectivity index (χ1v) is 7.38. The first kappa shape index (κ1) is 16.1. The minimum absolute atomic E-state index is 0.0544. The normalized spacial score (nSPS) is 21.1. The molecule has 1 fully saturated rings. The second kappa shape index (κ2) is 7.63. The van der Waals surface area contributed by atoms with Crippen LogP contribution >= 0.6 is 0 Å². The topological polar surface area (TPSA) is 102 Å². The van der Waals surface area contributed by atoms with Crippen LogP contribution in [-0.2, 0) is 0 Å². The van der Waals surface area contributed by atoms with E-state index in [-0.39, 0.29) is 5.69 Å². The average molecular weight is 308 g/mol. The Morgan fingerprint density at radius 3 is 2.36 bits per heavy atom. The van der Waals surface area contributed by atoms with E-state index < -0.39 is 11.0 Å². The SMILES string of the molecule is O=C(O)NC[C@H]1CC[C@H](COc2ccc([N+](=O)[O-])cc2)CC1. The molecule has 0 heterocycles. The molecule has 0 unspecified atom stereocenters. The van der Waals surface area contributed by atoms with Crippen molar-refractivity contribution in [3.05, 3.63) is 34.4 Å². The number of hydrogen-bond acceptors (Lipinski definition) is 4. The van der Waals surface area contributed by atoms with Gasteiger partial charge in [-0.05, 0) is 49.7 Å². The second-order valence-corrected chi connectivity index (χ2v) is 5.63. The van der Waals surface area contributed by atoms with Gasteiger partial charge in [0.25, 0.3) is 5.69 Å². The quantitative estimate of drug-likeness (QED) is 0.621. The van der Waals surface area contributed by atoms with E-state index >= 15 is 0 Å². The van der Waals surface area contributed by atoms with Gasteiger partial charge in [0.05, 0.1) is 11.5 Å². The highest BCUT2D eigenvalue weighted by Crippen LogP contribution is 2.29. The first-order valence-electron chi connectivity index (χ1n) is 7.38. The van der Waals surface area contributed by atoms with Crippen molar-refractivity contribution in [3.8, 4) is 5.75 Å². The van der Waals surface area contributed by atoms with Crippen LogP contribution in [0.15, 0.2) is 24.3 Å². The van der Waals surface area contributed by atoms with Gasteiger partial charge in [-0.25, -0.2) is 4.79 Å². The van der Waals surface area contributed by atoms with Crippen LogP contribution < -0.4 is 10.1 Å². The van der Waals surface area contributed by atoms with E-state index in [9.17, 15) is 14.9 Å². The van der Waals surface area contributed by atoms with Crippen molar-refractivity contribution >= 4 is 11.8 Å². The molecule has 22 heavy (non-hydrogen) atoms. The summed E-state index contributed by atoms with van der Waals surface area (Å²) in [5, 5.41) is 21.6. The lowest BCUT2D eigenvalue weighted by atomic mass is 9.82. The fraction of sp³-hybridized carbons (Fsp3) is 0.533. The Morgan fingerprint density at radius 1 is 1.23 bits per heavy atom. The number of nitro benzene ring substituents is 1. The molecular formula is C15H20N2O5. The third-order valence-electron chi connectivity index (χ3n) is 4.04. The fourth-order valence-electron chi connectivity index (χ4n) is 2.71. The van der Waals surface area contributed by atoms with E-state index in [4.69, 9.17) is 9.84 Å². The van der Waals surface area contributed by atoms with Gasteiger partial charge >= 0.3 is 6.09 Å². The van der Waals surface area contributed by atoms with Crippen LogP contribution in [0.2, 0.25) is 0 Å². The molecule has 2 rings (SSSR count). The number of nitrogens with one attached hydrogen (secondary N) is 1. The van der Waals surface area contributed by atoms with Gasteiger partial charge in [0.15, 0.2) is 0 Å². The van der Waals surface area contributed by atoms with E-state index in [1.165, 1.54) is 12.1 Å². The Morgan fingerprint density at radius 2 is 1.82 bits per heavy atom. The maximum absolute atomic E-state index is 10.6. The molecule has 2 N–H and O–H groups in total. The lowest BCUT2D eigenvalue weighted by Gasteiger charge is -2.28. The molecule has 1 saturated carbocycles. The van der Waals surface area contributed by atoms with Crippen molar-refractivity contribution in [2.24, 2.45) is 11.8 Å². The maximum Gasteiger partial charge on any atom is 0.404 e. The van der Waals surface area contributed by atoms with E-state index in [2.05, 4.69) is 5.32 Å². The summed E-state index contributed by atoms with van der Waals surface area (Å²) in [5.74, 6) is 1.50. The summed E-state index contributed by atoms with van der Waals surface area (Å²) in [4.78, 5) is 20.6. The van der Waals surface area contributed by atoms with Gasteiger partial charge in [-0.3, -0.25) is 10.1 Å². The number of non-ortho nitro benzene ring substituents is 1. The van der Waals surface area contributed by atoms with Crippen LogP contribution in [0, 0.1) is 22.0 Å². The summed E-state index contributed by atoms with van der Waals surface area (Å²) >= 11 is 0. The minimum atomic E-state index is -0.969.